The summed E-state index contributed by atoms with van der Waals surface area (Å²) >= 11 is 1.64. The van der Waals surface area contributed by atoms with E-state index in [9.17, 15) is 19.8 Å². The third-order valence-electron chi connectivity index (χ3n) is 6.91. The molecule has 1 aliphatic rings. The summed E-state index contributed by atoms with van der Waals surface area (Å²) in [7, 11) is 0. The lowest BCUT2D eigenvalue weighted by molar-refractivity contribution is -0.245. The molecule has 0 aliphatic carbocycles. The van der Waals surface area contributed by atoms with Crippen molar-refractivity contribution in [2.45, 2.75) is 57.2 Å². The van der Waals surface area contributed by atoms with Crippen LogP contribution >= 0.6 is 11.8 Å². The predicted molar refractivity (Wildman–Crippen MR) is 166 cm³/mol. The first-order valence-electron chi connectivity index (χ1n) is 14.2. The number of carbonyl (C=O) groups excluding carboxylic acids is 2. The summed E-state index contributed by atoms with van der Waals surface area (Å²) in [4.78, 5) is 24.6. The van der Waals surface area contributed by atoms with E-state index >= 15 is 0 Å². The van der Waals surface area contributed by atoms with Crippen molar-refractivity contribution < 1.29 is 29.3 Å². The van der Waals surface area contributed by atoms with E-state index < -0.39 is 6.29 Å². The minimum Gasteiger partial charge on any atom is -0.397 e. The van der Waals surface area contributed by atoms with Crippen LogP contribution in [-0.2, 0) is 25.7 Å². The van der Waals surface area contributed by atoms with Crippen molar-refractivity contribution in [1.82, 2.24) is 0 Å². The molecule has 3 atom stereocenters. The minimum atomic E-state index is -0.580. The first kappa shape index (κ1) is 31.5. The van der Waals surface area contributed by atoms with Crippen LogP contribution in [0.4, 0.5) is 17.1 Å². The highest BCUT2D eigenvalue weighted by Gasteiger charge is 2.32. The number of thioether (sulfide) groups is 1. The molecule has 9 nitrogen and oxygen atoms in total. The van der Waals surface area contributed by atoms with Gasteiger partial charge in [-0.25, -0.2) is 0 Å². The van der Waals surface area contributed by atoms with Gasteiger partial charge in [0.2, 0.25) is 11.8 Å². The number of amides is 2. The molecule has 2 amide bonds. The fourth-order valence-electron chi connectivity index (χ4n) is 4.64. The average Bonchev–Trinajstić information content (AvgIpc) is 3.01. The lowest BCUT2D eigenvalue weighted by atomic mass is 10.0. The highest BCUT2D eigenvalue weighted by atomic mass is 32.2. The number of rotatable bonds is 14. The van der Waals surface area contributed by atoms with Gasteiger partial charge in [-0.3, -0.25) is 9.59 Å². The zero-order chi connectivity index (χ0) is 29.7. The number of nitrogens with two attached hydrogens (primary N) is 1. The first-order chi connectivity index (χ1) is 20.4. The Hall–Kier alpha value is -3.41. The van der Waals surface area contributed by atoms with Crippen LogP contribution in [0.1, 0.15) is 61.2 Å². The Morgan fingerprint density at radius 3 is 2.19 bits per heavy atom. The standard InChI is InChI=1S/C32H39N3O6S/c33-27-5-1-2-6-28(27)35-31(39)8-4-3-7-30(38)34-25-15-13-24(14-16-25)32-40-26(21-42-18-17-36)19-29(41-32)23-11-9-22(20-37)10-12-23/h1-2,5-6,9-16,26,29,32,36-37H,3-4,7-8,17-21,33H2,(H,34,38)(H,35,39). The summed E-state index contributed by atoms with van der Waals surface area (Å²) in [6, 6.07) is 22.3. The molecule has 1 aliphatic heterocycles. The van der Waals surface area contributed by atoms with Crippen molar-refractivity contribution in [2.24, 2.45) is 0 Å². The summed E-state index contributed by atoms with van der Waals surface area (Å²) in [5, 5.41) is 24.3. The van der Waals surface area contributed by atoms with E-state index in [0.717, 1.165) is 22.4 Å². The van der Waals surface area contributed by atoms with Crippen molar-refractivity contribution in [3.8, 4) is 0 Å². The van der Waals surface area contributed by atoms with Crippen LogP contribution in [0.15, 0.2) is 72.8 Å². The van der Waals surface area contributed by atoms with Gasteiger partial charge >= 0.3 is 0 Å². The fourth-order valence-corrected chi connectivity index (χ4v) is 5.42. The number of hydrogen-bond donors (Lipinski definition) is 5. The molecule has 0 bridgehead atoms. The second kappa shape index (κ2) is 16.3. The number of nitrogen functional groups attached to an aromatic ring is 1. The number of anilines is 3. The number of carbonyl (C=O) groups is 2. The minimum absolute atomic E-state index is 0.0112. The SMILES string of the molecule is Nc1ccccc1NC(=O)CCCCC(=O)Nc1ccc(C2OC(CSCCO)CC(c3ccc(CO)cc3)O2)cc1. The van der Waals surface area contributed by atoms with Crippen LogP contribution in [0.2, 0.25) is 0 Å². The highest BCUT2D eigenvalue weighted by molar-refractivity contribution is 7.99. The molecule has 1 heterocycles. The van der Waals surface area contributed by atoms with Crippen molar-refractivity contribution in [3.63, 3.8) is 0 Å². The normalized spacial score (nSPS) is 18.4. The van der Waals surface area contributed by atoms with Gasteiger partial charge in [0.15, 0.2) is 6.29 Å². The van der Waals surface area contributed by atoms with E-state index in [-0.39, 0.29) is 37.2 Å². The summed E-state index contributed by atoms with van der Waals surface area (Å²) in [5.41, 5.74) is 10.3. The maximum atomic E-state index is 12.5. The number of para-hydroxylation sites is 2. The predicted octanol–water partition coefficient (Wildman–Crippen LogP) is 5.17. The zero-order valence-corrected chi connectivity index (χ0v) is 24.4. The molecule has 42 heavy (non-hydrogen) atoms. The lowest BCUT2D eigenvalue weighted by Gasteiger charge is -2.36. The van der Waals surface area contributed by atoms with Crippen LogP contribution in [-0.4, -0.2) is 46.2 Å². The Morgan fingerprint density at radius 1 is 0.857 bits per heavy atom. The van der Waals surface area contributed by atoms with Gasteiger partial charge in [-0.15, -0.1) is 0 Å². The Kier molecular flexibility index (Phi) is 12.2. The van der Waals surface area contributed by atoms with Crippen LogP contribution in [0, 0.1) is 0 Å². The fraction of sp³-hybridized carbons (Fsp3) is 0.375. The lowest BCUT2D eigenvalue weighted by Crippen LogP contribution is -2.31. The van der Waals surface area contributed by atoms with Crippen molar-refractivity contribution in [3.05, 3.63) is 89.5 Å². The molecule has 0 aromatic heterocycles. The highest BCUT2D eigenvalue weighted by Crippen LogP contribution is 2.39. The summed E-state index contributed by atoms with van der Waals surface area (Å²) < 4.78 is 12.6. The average molecular weight is 594 g/mol. The van der Waals surface area contributed by atoms with E-state index in [0.29, 0.717) is 54.9 Å². The molecule has 4 rings (SSSR count). The number of aliphatic hydroxyl groups excluding tert-OH is 2. The van der Waals surface area contributed by atoms with Gasteiger partial charge in [-0.1, -0.05) is 48.5 Å². The molecule has 3 unspecified atom stereocenters. The Bertz CT molecular complexity index is 1290. The molecular weight excluding hydrogens is 554 g/mol. The van der Waals surface area contributed by atoms with E-state index in [1.165, 1.54) is 0 Å². The maximum Gasteiger partial charge on any atom is 0.224 e. The third kappa shape index (κ3) is 9.57. The third-order valence-corrected chi connectivity index (χ3v) is 7.99. The van der Waals surface area contributed by atoms with Crippen molar-refractivity contribution in [1.29, 1.82) is 0 Å². The summed E-state index contributed by atoms with van der Waals surface area (Å²) in [5.74, 6) is 1.13. The van der Waals surface area contributed by atoms with Crippen molar-refractivity contribution in [2.75, 3.05) is 34.5 Å². The van der Waals surface area contributed by atoms with E-state index in [1.807, 2.05) is 60.7 Å². The Balaban J connectivity index is 1.27. The van der Waals surface area contributed by atoms with Gasteiger partial charge in [0, 0.05) is 42.0 Å². The number of ether oxygens (including phenoxy) is 2. The monoisotopic (exact) mass is 593 g/mol. The van der Waals surface area contributed by atoms with Gasteiger partial charge in [0.05, 0.1) is 36.8 Å². The Labute approximate surface area is 250 Å². The largest absolute Gasteiger partial charge is 0.397 e. The van der Waals surface area contributed by atoms with Crippen LogP contribution in [0.25, 0.3) is 0 Å². The summed E-state index contributed by atoms with van der Waals surface area (Å²) in [6.07, 6.45) is 1.65. The van der Waals surface area contributed by atoms with Crippen LogP contribution in [0.3, 0.4) is 0 Å². The molecule has 224 valence electrons. The van der Waals surface area contributed by atoms with E-state index in [2.05, 4.69) is 10.6 Å². The smallest absolute Gasteiger partial charge is 0.224 e. The topological polar surface area (TPSA) is 143 Å². The second-order valence-electron chi connectivity index (χ2n) is 10.2. The Morgan fingerprint density at radius 2 is 1.52 bits per heavy atom. The number of benzene rings is 3. The molecule has 0 radical (unpaired) electrons. The van der Waals surface area contributed by atoms with Gasteiger partial charge < -0.3 is 36.1 Å². The zero-order valence-electron chi connectivity index (χ0n) is 23.5. The van der Waals surface area contributed by atoms with Crippen LogP contribution in [0.5, 0.6) is 0 Å². The number of aliphatic hydroxyl groups is 2. The maximum absolute atomic E-state index is 12.5. The van der Waals surface area contributed by atoms with Gasteiger partial charge in [0.1, 0.15) is 0 Å². The van der Waals surface area contributed by atoms with Gasteiger partial charge in [-0.2, -0.15) is 11.8 Å². The molecule has 10 heteroatoms. The van der Waals surface area contributed by atoms with Crippen molar-refractivity contribution >= 4 is 40.6 Å². The van der Waals surface area contributed by atoms with Gasteiger partial charge in [0.25, 0.3) is 0 Å². The molecule has 1 saturated heterocycles. The summed E-state index contributed by atoms with van der Waals surface area (Å²) in [6.45, 7) is 0.110. The number of unbranched alkanes of at least 4 members (excludes halogenated alkanes) is 1. The molecular formula is C32H39N3O6S. The van der Waals surface area contributed by atoms with E-state index in [1.54, 1.807) is 23.9 Å². The second-order valence-corrected chi connectivity index (χ2v) is 11.3. The molecule has 0 saturated carbocycles. The van der Waals surface area contributed by atoms with Gasteiger partial charge in [-0.05, 0) is 48.2 Å². The molecule has 3 aromatic rings. The quantitative estimate of drug-likeness (QED) is 0.127. The molecule has 6 N–H and O–H groups in total. The molecule has 3 aromatic carbocycles. The first-order valence-corrected chi connectivity index (χ1v) is 15.3. The molecule has 0 spiro atoms. The van der Waals surface area contributed by atoms with E-state index in [4.69, 9.17) is 15.2 Å². The number of nitrogens with one attached hydrogen (secondary N) is 2. The molecule has 1 fully saturated rings. The number of hydrogen-bond acceptors (Lipinski definition) is 8. The van der Waals surface area contributed by atoms with Crippen LogP contribution < -0.4 is 16.4 Å².